The van der Waals surface area contributed by atoms with Gasteiger partial charge in [0.1, 0.15) is 17.2 Å². The van der Waals surface area contributed by atoms with Gasteiger partial charge in [-0.25, -0.2) is 8.42 Å². The van der Waals surface area contributed by atoms with E-state index in [0.717, 1.165) is 12.1 Å². The summed E-state index contributed by atoms with van der Waals surface area (Å²) in [5, 5.41) is 8.39. The number of sulfone groups is 1. The molecule has 2 aromatic carbocycles. The van der Waals surface area contributed by atoms with Gasteiger partial charge in [0.2, 0.25) is 0 Å². The van der Waals surface area contributed by atoms with E-state index >= 15 is 0 Å². The Morgan fingerprint density at radius 3 is 2.31 bits per heavy atom. The molecule has 2 unspecified atom stereocenters. The van der Waals surface area contributed by atoms with Crippen LogP contribution in [0.25, 0.3) is 0 Å². The Balaban J connectivity index is 1.33. The summed E-state index contributed by atoms with van der Waals surface area (Å²) in [4.78, 5) is 14.8. The van der Waals surface area contributed by atoms with Gasteiger partial charge in [-0.1, -0.05) is 6.07 Å². The molecule has 4 rings (SSSR count). The number of aromatic nitrogens is 1. The third-order valence-corrected chi connectivity index (χ3v) is 6.32. The highest BCUT2D eigenvalue weighted by Gasteiger charge is 2.47. The van der Waals surface area contributed by atoms with Crippen LogP contribution in [0.3, 0.4) is 0 Å². The number of pyridine rings is 1. The van der Waals surface area contributed by atoms with Crippen LogP contribution in [0.4, 0.5) is 24.5 Å². The Hall–Kier alpha value is -3.84. The highest BCUT2D eigenvalue weighted by molar-refractivity contribution is 7.92. The largest absolute Gasteiger partial charge is 0.501 e. The number of carbonyl (C=O) groups is 1. The summed E-state index contributed by atoms with van der Waals surface area (Å²) in [6.45, 7) is 0. The third kappa shape index (κ3) is 5.63. The van der Waals surface area contributed by atoms with Crippen LogP contribution in [0.2, 0.25) is 0 Å². The van der Waals surface area contributed by atoms with Gasteiger partial charge in [-0.3, -0.25) is 9.78 Å². The van der Waals surface area contributed by atoms with Gasteiger partial charge in [-0.2, -0.15) is 13.2 Å². The number of halogens is 3. The predicted octanol–water partition coefficient (Wildman–Crippen LogP) is 3.73. The standard InChI is InChI=1S/C22H19F3N4O5S/c1-26-19(30)18-12-16(9-10-27-18)33-15-7-5-13(6-8-15)28-20-21(34-20)29-14-3-2-4-17(11-14)35(31,32)22(23,24)25/h2-12,20-21,28-29H,1H3,(H,26,30). The molecule has 1 amide bonds. The normalized spacial score (nSPS) is 17.4. The average molecular weight is 508 g/mol. The molecule has 1 saturated heterocycles. The molecule has 3 aromatic rings. The number of hydrogen-bond acceptors (Lipinski definition) is 8. The maximum absolute atomic E-state index is 12.8. The topological polar surface area (TPSA) is 122 Å². The number of anilines is 2. The van der Waals surface area contributed by atoms with Crippen molar-refractivity contribution in [1.82, 2.24) is 10.3 Å². The lowest BCUT2D eigenvalue weighted by Gasteiger charge is -2.10. The number of nitrogens with zero attached hydrogens (tertiary/aromatic N) is 1. The lowest BCUT2D eigenvalue weighted by molar-refractivity contribution is -0.0436. The molecule has 0 spiro atoms. The van der Waals surface area contributed by atoms with Crippen molar-refractivity contribution in [3.05, 3.63) is 72.6 Å². The highest BCUT2D eigenvalue weighted by Crippen LogP contribution is 2.33. The number of hydrogen-bond donors (Lipinski definition) is 3. The van der Waals surface area contributed by atoms with E-state index in [1.165, 1.54) is 31.4 Å². The molecule has 184 valence electrons. The first-order chi connectivity index (χ1) is 16.6. The Morgan fingerprint density at radius 1 is 0.971 bits per heavy atom. The molecule has 1 aromatic heterocycles. The number of ether oxygens (including phenoxy) is 2. The van der Waals surface area contributed by atoms with Gasteiger partial charge in [0.05, 0.1) is 4.90 Å². The van der Waals surface area contributed by atoms with Crippen molar-refractivity contribution in [2.24, 2.45) is 0 Å². The van der Waals surface area contributed by atoms with Crippen LogP contribution in [0.15, 0.2) is 71.8 Å². The fourth-order valence-corrected chi connectivity index (χ4v) is 3.84. The zero-order valence-electron chi connectivity index (χ0n) is 18.0. The zero-order valence-corrected chi connectivity index (χ0v) is 18.9. The quantitative estimate of drug-likeness (QED) is 0.394. The van der Waals surface area contributed by atoms with Crippen molar-refractivity contribution in [2.75, 3.05) is 17.7 Å². The second-order valence-electron chi connectivity index (χ2n) is 7.33. The Labute approximate surface area is 198 Å². The molecule has 0 saturated carbocycles. The van der Waals surface area contributed by atoms with Crippen LogP contribution in [-0.4, -0.2) is 44.3 Å². The Bertz CT molecular complexity index is 1330. The fourth-order valence-electron chi connectivity index (χ4n) is 3.03. The van der Waals surface area contributed by atoms with Crippen molar-refractivity contribution in [3.63, 3.8) is 0 Å². The maximum Gasteiger partial charge on any atom is 0.501 e. The molecule has 1 fully saturated rings. The van der Waals surface area contributed by atoms with Crippen LogP contribution < -0.4 is 20.7 Å². The molecule has 1 aliphatic rings. The van der Waals surface area contributed by atoms with Crippen molar-refractivity contribution >= 4 is 27.1 Å². The first-order valence-electron chi connectivity index (χ1n) is 10.1. The third-order valence-electron chi connectivity index (χ3n) is 4.84. The maximum atomic E-state index is 12.8. The van der Waals surface area contributed by atoms with Gasteiger partial charge in [-0.05, 0) is 48.5 Å². The monoisotopic (exact) mass is 508 g/mol. The van der Waals surface area contributed by atoms with Crippen molar-refractivity contribution in [3.8, 4) is 11.5 Å². The Morgan fingerprint density at radius 2 is 1.66 bits per heavy atom. The summed E-state index contributed by atoms with van der Waals surface area (Å²) in [7, 11) is -3.94. The molecular formula is C22H19F3N4O5S. The molecule has 9 nitrogen and oxygen atoms in total. The number of nitrogens with one attached hydrogen (secondary N) is 3. The molecule has 3 N–H and O–H groups in total. The van der Waals surface area contributed by atoms with Gasteiger partial charge in [-0.15, -0.1) is 0 Å². The second kappa shape index (κ2) is 9.43. The smallest absolute Gasteiger partial charge is 0.457 e. The van der Waals surface area contributed by atoms with Crippen molar-refractivity contribution < 1.29 is 35.9 Å². The minimum Gasteiger partial charge on any atom is -0.457 e. The van der Waals surface area contributed by atoms with E-state index in [2.05, 4.69) is 20.9 Å². The minimum absolute atomic E-state index is 0.168. The van der Waals surface area contributed by atoms with Crippen molar-refractivity contribution in [1.29, 1.82) is 0 Å². The highest BCUT2D eigenvalue weighted by atomic mass is 32.2. The van der Waals surface area contributed by atoms with Crippen LogP contribution in [0, 0.1) is 0 Å². The van der Waals surface area contributed by atoms with Gasteiger partial charge in [0, 0.05) is 30.7 Å². The molecule has 13 heteroatoms. The number of alkyl halides is 3. The van der Waals surface area contributed by atoms with E-state index in [1.54, 1.807) is 30.3 Å². The van der Waals surface area contributed by atoms with Crippen molar-refractivity contribution in [2.45, 2.75) is 22.9 Å². The molecule has 35 heavy (non-hydrogen) atoms. The number of epoxide rings is 1. The zero-order chi connectivity index (χ0) is 25.2. The lowest BCUT2D eigenvalue weighted by Crippen LogP contribution is -2.23. The Kier molecular flexibility index (Phi) is 6.54. The molecule has 0 radical (unpaired) electrons. The van der Waals surface area contributed by atoms with Gasteiger partial charge in [0.25, 0.3) is 15.7 Å². The van der Waals surface area contributed by atoms with E-state index in [-0.39, 0.29) is 17.3 Å². The van der Waals surface area contributed by atoms with Crippen LogP contribution in [0.5, 0.6) is 11.5 Å². The first-order valence-corrected chi connectivity index (χ1v) is 11.6. The number of amides is 1. The lowest BCUT2D eigenvalue weighted by atomic mass is 10.3. The SMILES string of the molecule is CNC(=O)c1cc(Oc2ccc(NC3OC3Nc3cccc(S(=O)(=O)C(F)(F)F)c3)cc2)ccn1. The minimum atomic E-state index is -5.44. The summed E-state index contributed by atoms with van der Waals surface area (Å²) >= 11 is 0. The molecule has 1 aliphatic heterocycles. The summed E-state index contributed by atoms with van der Waals surface area (Å²) in [5.74, 6) is 0.610. The van der Waals surface area contributed by atoms with E-state index < -0.39 is 32.7 Å². The summed E-state index contributed by atoms with van der Waals surface area (Å²) < 4.78 is 72.7. The molecule has 2 heterocycles. The number of benzene rings is 2. The average Bonchev–Trinajstić information content (AvgIpc) is 3.56. The molecule has 0 bridgehead atoms. The molecule has 2 atom stereocenters. The van der Waals surface area contributed by atoms with Gasteiger partial charge >= 0.3 is 5.51 Å². The molecule has 0 aliphatic carbocycles. The summed E-state index contributed by atoms with van der Waals surface area (Å²) in [6, 6.07) is 14.4. The van der Waals surface area contributed by atoms with E-state index in [1.807, 2.05) is 0 Å². The first kappa shape index (κ1) is 24.3. The predicted molar refractivity (Wildman–Crippen MR) is 120 cm³/mol. The van der Waals surface area contributed by atoms with Gasteiger partial charge in [0.15, 0.2) is 12.5 Å². The van der Waals surface area contributed by atoms with Gasteiger partial charge < -0.3 is 25.4 Å². The second-order valence-corrected chi connectivity index (χ2v) is 9.27. The number of rotatable bonds is 8. The van der Waals surface area contributed by atoms with Crippen LogP contribution in [-0.2, 0) is 14.6 Å². The van der Waals surface area contributed by atoms with E-state index in [0.29, 0.717) is 17.2 Å². The van der Waals surface area contributed by atoms with Crippen LogP contribution >= 0.6 is 0 Å². The summed E-state index contributed by atoms with van der Waals surface area (Å²) in [6.07, 6.45) is 0.399. The number of carbonyl (C=O) groups excluding carboxylic acids is 1. The van der Waals surface area contributed by atoms with E-state index in [4.69, 9.17) is 9.47 Å². The summed E-state index contributed by atoms with van der Waals surface area (Å²) in [5.41, 5.74) is -4.32. The van der Waals surface area contributed by atoms with E-state index in [9.17, 15) is 26.4 Å². The fraction of sp³-hybridized carbons (Fsp3) is 0.182. The molecular weight excluding hydrogens is 489 g/mol. The van der Waals surface area contributed by atoms with Crippen LogP contribution in [0.1, 0.15) is 10.5 Å².